The highest BCUT2D eigenvalue weighted by Gasteiger charge is 2.25. The number of nitrogens with zero attached hydrogens (tertiary/aromatic N) is 2. The first kappa shape index (κ1) is 21.1. The topological polar surface area (TPSA) is 64.8 Å². The summed E-state index contributed by atoms with van der Waals surface area (Å²) < 4.78 is 16.8. The van der Waals surface area contributed by atoms with Crippen molar-refractivity contribution < 1.29 is 18.8 Å². The molecule has 0 N–H and O–H groups in total. The van der Waals surface area contributed by atoms with Gasteiger partial charge in [-0.05, 0) is 66.4 Å². The second-order valence-electron chi connectivity index (χ2n) is 8.40. The predicted molar refractivity (Wildman–Crippen MR) is 126 cm³/mol. The molecular formula is C27H26N2O4. The van der Waals surface area contributed by atoms with E-state index in [2.05, 4.69) is 11.2 Å². The number of rotatable bonds is 5. The van der Waals surface area contributed by atoms with Gasteiger partial charge < -0.3 is 18.9 Å². The Kier molecular flexibility index (Phi) is 5.50. The summed E-state index contributed by atoms with van der Waals surface area (Å²) in [4.78, 5) is 15.6. The third-order valence-corrected chi connectivity index (χ3v) is 6.34. The number of amides is 1. The molecule has 0 saturated heterocycles. The summed E-state index contributed by atoms with van der Waals surface area (Å²) in [6.45, 7) is 5.25. The molecule has 0 aliphatic carbocycles. The quantitative estimate of drug-likeness (QED) is 0.423. The molecule has 168 valence electrons. The smallest absolute Gasteiger partial charge is 0.257 e. The lowest BCUT2D eigenvalue weighted by Crippen LogP contribution is -2.36. The molecule has 0 atom stereocenters. The summed E-state index contributed by atoms with van der Waals surface area (Å²) in [5.41, 5.74) is 4.64. The minimum atomic E-state index is -0.0389. The third-order valence-electron chi connectivity index (χ3n) is 6.34. The van der Waals surface area contributed by atoms with E-state index in [1.807, 2.05) is 67.3 Å². The summed E-state index contributed by atoms with van der Waals surface area (Å²) >= 11 is 0. The SMILES string of the molecule is COc1ccc2c(c1)CN(C(=O)c1cc3ccccc3cc1OCc1c(C)noc1C)CC2. The number of aryl methyl sites for hydroxylation is 2. The van der Waals surface area contributed by atoms with E-state index in [-0.39, 0.29) is 5.91 Å². The number of carbonyl (C=O) groups is 1. The van der Waals surface area contributed by atoms with Gasteiger partial charge in [0.1, 0.15) is 23.9 Å². The van der Waals surface area contributed by atoms with Gasteiger partial charge in [0.15, 0.2) is 0 Å². The molecule has 2 heterocycles. The van der Waals surface area contributed by atoms with E-state index < -0.39 is 0 Å². The normalized spacial score (nSPS) is 13.1. The third kappa shape index (κ3) is 4.04. The molecule has 6 nitrogen and oxygen atoms in total. The molecule has 0 unspecified atom stereocenters. The van der Waals surface area contributed by atoms with Crippen molar-refractivity contribution in [1.29, 1.82) is 0 Å². The zero-order chi connectivity index (χ0) is 22.9. The Morgan fingerprint density at radius 2 is 1.85 bits per heavy atom. The minimum absolute atomic E-state index is 0.0389. The molecule has 1 aliphatic heterocycles. The molecule has 1 amide bonds. The Labute approximate surface area is 192 Å². The van der Waals surface area contributed by atoms with Crippen molar-refractivity contribution >= 4 is 16.7 Å². The Morgan fingerprint density at radius 3 is 2.58 bits per heavy atom. The first-order valence-corrected chi connectivity index (χ1v) is 11.1. The lowest BCUT2D eigenvalue weighted by Gasteiger charge is -2.30. The second kappa shape index (κ2) is 8.62. The average molecular weight is 443 g/mol. The molecule has 0 fully saturated rings. The van der Waals surface area contributed by atoms with Crippen LogP contribution in [0.3, 0.4) is 0 Å². The molecule has 0 saturated carbocycles. The van der Waals surface area contributed by atoms with Crippen LogP contribution in [0.15, 0.2) is 59.1 Å². The molecule has 1 aliphatic rings. The zero-order valence-electron chi connectivity index (χ0n) is 19.1. The fourth-order valence-electron chi connectivity index (χ4n) is 4.37. The van der Waals surface area contributed by atoms with E-state index in [0.717, 1.165) is 45.5 Å². The second-order valence-corrected chi connectivity index (χ2v) is 8.40. The number of aromatic nitrogens is 1. The van der Waals surface area contributed by atoms with Crippen LogP contribution in [0, 0.1) is 13.8 Å². The number of hydrogen-bond acceptors (Lipinski definition) is 5. The fraction of sp³-hybridized carbons (Fsp3) is 0.259. The van der Waals surface area contributed by atoms with Crippen LogP contribution in [0.5, 0.6) is 11.5 Å². The van der Waals surface area contributed by atoms with Crippen molar-refractivity contribution in [3.05, 3.63) is 88.3 Å². The van der Waals surface area contributed by atoms with Crippen LogP contribution in [0.25, 0.3) is 10.8 Å². The number of ether oxygens (including phenoxy) is 2. The first-order valence-electron chi connectivity index (χ1n) is 11.1. The van der Waals surface area contributed by atoms with Crippen LogP contribution in [-0.4, -0.2) is 29.6 Å². The van der Waals surface area contributed by atoms with Crippen LogP contribution in [0.2, 0.25) is 0 Å². The van der Waals surface area contributed by atoms with Crippen molar-refractivity contribution in [3.63, 3.8) is 0 Å². The number of benzene rings is 3. The van der Waals surface area contributed by atoms with Gasteiger partial charge in [0.05, 0.1) is 23.9 Å². The Balaban J connectivity index is 1.48. The molecule has 0 bridgehead atoms. The number of methoxy groups -OCH3 is 1. The van der Waals surface area contributed by atoms with Gasteiger partial charge in [-0.3, -0.25) is 4.79 Å². The standard InChI is InChI=1S/C27H26N2O4/c1-17-25(18(2)33-28-17)16-32-26-14-21-7-5-4-6-20(21)13-24(26)27(30)29-11-10-19-8-9-23(31-3)12-22(19)15-29/h4-9,12-14H,10-11,15-16H2,1-3H3. The van der Waals surface area contributed by atoms with Gasteiger partial charge in [0.25, 0.3) is 5.91 Å². The maximum Gasteiger partial charge on any atom is 0.257 e. The van der Waals surface area contributed by atoms with E-state index >= 15 is 0 Å². The van der Waals surface area contributed by atoms with Gasteiger partial charge in [0, 0.05) is 13.1 Å². The Bertz CT molecular complexity index is 1320. The van der Waals surface area contributed by atoms with Gasteiger partial charge in [-0.2, -0.15) is 0 Å². The van der Waals surface area contributed by atoms with Crippen LogP contribution < -0.4 is 9.47 Å². The van der Waals surface area contributed by atoms with Gasteiger partial charge >= 0.3 is 0 Å². The van der Waals surface area contributed by atoms with Gasteiger partial charge in [-0.15, -0.1) is 0 Å². The molecule has 6 heteroatoms. The van der Waals surface area contributed by atoms with Gasteiger partial charge in [-0.25, -0.2) is 0 Å². The van der Waals surface area contributed by atoms with Crippen molar-refractivity contribution in [1.82, 2.24) is 10.1 Å². The lowest BCUT2D eigenvalue weighted by molar-refractivity contribution is 0.0729. The Hall–Kier alpha value is -3.80. The van der Waals surface area contributed by atoms with E-state index in [9.17, 15) is 4.79 Å². The molecule has 33 heavy (non-hydrogen) atoms. The molecular weight excluding hydrogens is 416 g/mol. The predicted octanol–water partition coefficient (Wildman–Crippen LogP) is 5.23. The van der Waals surface area contributed by atoms with E-state index in [0.29, 0.717) is 31.0 Å². The largest absolute Gasteiger partial charge is 0.497 e. The highest BCUT2D eigenvalue weighted by molar-refractivity contribution is 6.01. The lowest BCUT2D eigenvalue weighted by atomic mass is 9.98. The summed E-state index contributed by atoms with van der Waals surface area (Å²) in [7, 11) is 1.66. The number of carbonyl (C=O) groups excluding carboxylic acids is 1. The molecule has 5 rings (SSSR count). The van der Waals surface area contributed by atoms with Crippen molar-refractivity contribution in [2.75, 3.05) is 13.7 Å². The van der Waals surface area contributed by atoms with Crippen LogP contribution in [0.4, 0.5) is 0 Å². The van der Waals surface area contributed by atoms with Crippen molar-refractivity contribution in [2.24, 2.45) is 0 Å². The fourth-order valence-corrected chi connectivity index (χ4v) is 4.37. The maximum atomic E-state index is 13.7. The molecule has 0 spiro atoms. The molecule has 1 aromatic heterocycles. The first-order chi connectivity index (χ1) is 16.0. The van der Waals surface area contributed by atoms with E-state index in [1.165, 1.54) is 5.56 Å². The van der Waals surface area contributed by atoms with E-state index in [1.54, 1.807) is 7.11 Å². The van der Waals surface area contributed by atoms with Crippen LogP contribution >= 0.6 is 0 Å². The average Bonchev–Trinajstić information content (AvgIpc) is 3.17. The van der Waals surface area contributed by atoms with E-state index in [4.69, 9.17) is 14.0 Å². The summed E-state index contributed by atoms with van der Waals surface area (Å²) in [6.07, 6.45) is 0.813. The molecule has 4 aromatic rings. The summed E-state index contributed by atoms with van der Waals surface area (Å²) in [5.74, 6) is 2.05. The summed E-state index contributed by atoms with van der Waals surface area (Å²) in [6, 6.07) is 18.0. The number of hydrogen-bond donors (Lipinski definition) is 0. The minimum Gasteiger partial charge on any atom is -0.497 e. The number of fused-ring (bicyclic) bond motifs is 2. The molecule has 0 radical (unpaired) electrons. The highest BCUT2D eigenvalue weighted by Crippen LogP contribution is 2.31. The zero-order valence-corrected chi connectivity index (χ0v) is 19.1. The van der Waals surface area contributed by atoms with Gasteiger partial charge in [0.2, 0.25) is 0 Å². The highest BCUT2D eigenvalue weighted by atomic mass is 16.5. The maximum absolute atomic E-state index is 13.7. The van der Waals surface area contributed by atoms with Gasteiger partial charge in [-0.1, -0.05) is 35.5 Å². The monoisotopic (exact) mass is 442 g/mol. The van der Waals surface area contributed by atoms with Crippen LogP contribution in [0.1, 0.15) is 38.5 Å². The Morgan fingerprint density at radius 1 is 1.06 bits per heavy atom. The van der Waals surface area contributed by atoms with Crippen molar-refractivity contribution in [2.45, 2.75) is 33.4 Å². The van der Waals surface area contributed by atoms with Crippen LogP contribution in [-0.2, 0) is 19.6 Å². The van der Waals surface area contributed by atoms with Crippen molar-refractivity contribution in [3.8, 4) is 11.5 Å². The molecule has 3 aromatic carbocycles. The summed E-state index contributed by atoms with van der Waals surface area (Å²) in [5, 5.41) is 6.03.